The molecule has 1 N–H and O–H groups in total. The van der Waals surface area contributed by atoms with Gasteiger partial charge in [-0.15, -0.1) is 0 Å². The molecule has 1 heterocycles. The standard InChI is InChI=1S/C20H22N2O3/c1-21(14-16-8-6-5-7-15(16)13-19(23)24)18-11-12-22(20(18)25)17-9-3-2-4-10-17/h2-10,18H,11-14H2,1H3,(H,23,24). The van der Waals surface area contributed by atoms with Crippen molar-refractivity contribution in [3.05, 3.63) is 65.7 Å². The molecule has 25 heavy (non-hydrogen) atoms. The summed E-state index contributed by atoms with van der Waals surface area (Å²) in [5, 5.41) is 9.07. The van der Waals surface area contributed by atoms with E-state index in [-0.39, 0.29) is 18.4 Å². The Balaban J connectivity index is 1.71. The average molecular weight is 338 g/mol. The third-order valence-electron chi connectivity index (χ3n) is 4.66. The number of carbonyl (C=O) groups excluding carboxylic acids is 1. The molecule has 5 heteroatoms. The van der Waals surface area contributed by atoms with E-state index in [1.165, 1.54) is 0 Å². The molecule has 1 unspecified atom stereocenters. The first-order chi connectivity index (χ1) is 12.1. The van der Waals surface area contributed by atoms with E-state index in [4.69, 9.17) is 5.11 Å². The fourth-order valence-corrected chi connectivity index (χ4v) is 3.36. The van der Waals surface area contributed by atoms with E-state index < -0.39 is 5.97 Å². The van der Waals surface area contributed by atoms with Crippen LogP contribution in [-0.2, 0) is 22.6 Å². The van der Waals surface area contributed by atoms with E-state index in [0.717, 1.165) is 23.2 Å². The van der Waals surface area contributed by atoms with Crippen molar-refractivity contribution in [2.75, 3.05) is 18.5 Å². The zero-order valence-corrected chi connectivity index (χ0v) is 14.3. The molecular weight excluding hydrogens is 316 g/mol. The normalized spacial score (nSPS) is 17.3. The van der Waals surface area contributed by atoms with E-state index >= 15 is 0 Å². The minimum atomic E-state index is -0.845. The number of benzene rings is 2. The number of likely N-dealkylation sites (N-methyl/N-ethyl adjacent to an activating group) is 1. The third kappa shape index (κ3) is 3.88. The molecule has 1 aliphatic heterocycles. The van der Waals surface area contributed by atoms with E-state index in [1.807, 2.05) is 71.4 Å². The van der Waals surface area contributed by atoms with Crippen molar-refractivity contribution in [1.82, 2.24) is 4.90 Å². The number of rotatable bonds is 6. The van der Waals surface area contributed by atoms with Crippen molar-refractivity contribution in [3.63, 3.8) is 0 Å². The number of para-hydroxylation sites is 1. The number of carboxylic acids is 1. The van der Waals surface area contributed by atoms with Gasteiger partial charge < -0.3 is 10.0 Å². The lowest BCUT2D eigenvalue weighted by atomic mass is 10.0. The van der Waals surface area contributed by atoms with E-state index in [1.54, 1.807) is 0 Å². The van der Waals surface area contributed by atoms with Crippen LogP contribution in [-0.4, -0.2) is 41.5 Å². The molecule has 5 nitrogen and oxygen atoms in total. The molecule has 1 amide bonds. The first kappa shape index (κ1) is 17.2. The topological polar surface area (TPSA) is 60.9 Å². The first-order valence-corrected chi connectivity index (χ1v) is 8.41. The van der Waals surface area contributed by atoms with Crippen LogP contribution in [0.3, 0.4) is 0 Å². The Morgan fingerprint density at radius 1 is 1.12 bits per heavy atom. The van der Waals surface area contributed by atoms with Gasteiger partial charge in [-0.3, -0.25) is 14.5 Å². The first-order valence-electron chi connectivity index (χ1n) is 8.41. The predicted molar refractivity (Wildman–Crippen MR) is 96.4 cm³/mol. The van der Waals surface area contributed by atoms with Crippen LogP contribution >= 0.6 is 0 Å². The zero-order valence-electron chi connectivity index (χ0n) is 14.3. The maximum atomic E-state index is 12.8. The number of hydrogen-bond acceptors (Lipinski definition) is 3. The molecule has 2 aromatic rings. The van der Waals surface area contributed by atoms with Crippen LogP contribution in [0.25, 0.3) is 0 Å². The molecule has 0 aromatic heterocycles. The molecule has 2 aromatic carbocycles. The summed E-state index contributed by atoms with van der Waals surface area (Å²) >= 11 is 0. The fraction of sp³-hybridized carbons (Fsp3) is 0.300. The van der Waals surface area contributed by atoms with E-state index in [2.05, 4.69) is 0 Å². The maximum absolute atomic E-state index is 12.8. The molecule has 1 saturated heterocycles. The van der Waals surface area contributed by atoms with Crippen LogP contribution in [0, 0.1) is 0 Å². The molecule has 0 saturated carbocycles. The summed E-state index contributed by atoms with van der Waals surface area (Å²) in [6.07, 6.45) is 0.768. The largest absolute Gasteiger partial charge is 0.481 e. The van der Waals surface area contributed by atoms with Crippen LogP contribution in [0.4, 0.5) is 5.69 Å². The fourth-order valence-electron chi connectivity index (χ4n) is 3.36. The highest BCUT2D eigenvalue weighted by atomic mass is 16.4. The lowest BCUT2D eigenvalue weighted by Gasteiger charge is -2.24. The summed E-state index contributed by atoms with van der Waals surface area (Å²) in [6, 6.07) is 17.0. The van der Waals surface area contributed by atoms with Gasteiger partial charge in [-0.05, 0) is 36.7 Å². The van der Waals surface area contributed by atoms with Crippen molar-refractivity contribution in [2.45, 2.75) is 25.4 Å². The van der Waals surface area contributed by atoms with Gasteiger partial charge in [0.15, 0.2) is 0 Å². The second kappa shape index (κ2) is 7.49. The minimum absolute atomic E-state index is 0.00122. The van der Waals surface area contributed by atoms with Crippen molar-refractivity contribution >= 4 is 17.6 Å². The van der Waals surface area contributed by atoms with Crippen LogP contribution in [0.5, 0.6) is 0 Å². The van der Waals surface area contributed by atoms with Gasteiger partial charge in [0, 0.05) is 18.8 Å². The SMILES string of the molecule is CN(Cc1ccccc1CC(=O)O)C1CCN(c2ccccc2)C1=O. The van der Waals surface area contributed by atoms with Gasteiger partial charge in [-0.25, -0.2) is 0 Å². The summed E-state index contributed by atoms with van der Waals surface area (Å²) in [5.74, 6) is -0.744. The van der Waals surface area contributed by atoms with Crippen LogP contribution in [0.2, 0.25) is 0 Å². The lowest BCUT2D eigenvalue weighted by molar-refractivity contribution is -0.136. The second-order valence-electron chi connectivity index (χ2n) is 6.38. The number of carboxylic acid groups (broad SMARTS) is 1. The van der Waals surface area contributed by atoms with E-state index in [9.17, 15) is 9.59 Å². The number of aliphatic carboxylic acids is 1. The molecular formula is C20H22N2O3. The Bertz CT molecular complexity index is 761. The van der Waals surface area contributed by atoms with E-state index in [0.29, 0.717) is 13.1 Å². The molecule has 0 spiro atoms. The molecule has 1 fully saturated rings. The second-order valence-corrected chi connectivity index (χ2v) is 6.38. The average Bonchev–Trinajstić information content (AvgIpc) is 2.98. The quantitative estimate of drug-likeness (QED) is 0.879. The minimum Gasteiger partial charge on any atom is -0.481 e. The highest BCUT2D eigenvalue weighted by molar-refractivity contribution is 5.99. The third-order valence-corrected chi connectivity index (χ3v) is 4.66. The number of nitrogens with zero attached hydrogens (tertiary/aromatic N) is 2. The Morgan fingerprint density at radius 3 is 2.44 bits per heavy atom. The summed E-state index contributed by atoms with van der Waals surface area (Å²) < 4.78 is 0. The molecule has 1 atom stereocenters. The number of anilines is 1. The van der Waals surface area contributed by atoms with Crippen molar-refractivity contribution < 1.29 is 14.7 Å². The summed E-state index contributed by atoms with van der Waals surface area (Å²) in [6.45, 7) is 1.26. The monoisotopic (exact) mass is 338 g/mol. The molecule has 0 aliphatic carbocycles. The predicted octanol–water partition coefficient (Wildman–Crippen LogP) is 2.55. The Kier molecular flexibility index (Phi) is 5.14. The van der Waals surface area contributed by atoms with Crippen LogP contribution in [0.15, 0.2) is 54.6 Å². The summed E-state index contributed by atoms with van der Waals surface area (Å²) in [5.41, 5.74) is 2.68. The summed E-state index contributed by atoms with van der Waals surface area (Å²) in [7, 11) is 1.93. The number of carbonyl (C=O) groups is 2. The highest BCUT2D eigenvalue weighted by Crippen LogP contribution is 2.25. The van der Waals surface area contributed by atoms with Crippen LogP contribution in [0.1, 0.15) is 17.5 Å². The van der Waals surface area contributed by atoms with Gasteiger partial charge >= 0.3 is 5.97 Å². The number of amides is 1. The molecule has 1 aliphatic rings. The van der Waals surface area contributed by atoms with Crippen molar-refractivity contribution in [3.8, 4) is 0 Å². The van der Waals surface area contributed by atoms with Crippen LogP contribution < -0.4 is 4.90 Å². The molecule has 0 radical (unpaired) electrons. The Hall–Kier alpha value is -2.66. The van der Waals surface area contributed by atoms with Gasteiger partial charge in [0.25, 0.3) is 0 Å². The zero-order chi connectivity index (χ0) is 17.8. The van der Waals surface area contributed by atoms with Gasteiger partial charge in [0.1, 0.15) is 0 Å². The van der Waals surface area contributed by atoms with Gasteiger partial charge in [0.2, 0.25) is 5.91 Å². The smallest absolute Gasteiger partial charge is 0.307 e. The molecule has 3 rings (SSSR count). The van der Waals surface area contributed by atoms with Gasteiger partial charge in [-0.1, -0.05) is 42.5 Å². The lowest BCUT2D eigenvalue weighted by Crippen LogP contribution is -2.39. The van der Waals surface area contributed by atoms with Crippen molar-refractivity contribution in [1.29, 1.82) is 0 Å². The maximum Gasteiger partial charge on any atom is 0.307 e. The number of hydrogen-bond donors (Lipinski definition) is 1. The molecule has 130 valence electrons. The van der Waals surface area contributed by atoms with Gasteiger partial charge in [0.05, 0.1) is 12.5 Å². The summed E-state index contributed by atoms with van der Waals surface area (Å²) in [4.78, 5) is 27.7. The van der Waals surface area contributed by atoms with Gasteiger partial charge in [-0.2, -0.15) is 0 Å². The molecule has 0 bridgehead atoms. The Labute approximate surface area is 147 Å². The van der Waals surface area contributed by atoms with Crippen molar-refractivity contribution in [2.24, 2.45) is 0 Å². The highest BCUT2D eigenvalue weighted by Gasteiger charge is 2.35. The Morgan fingerprint density at radius 2 is 1.76 bits per heavy atom.